The highest BCUT2D eigenvalue weighted by molar-refractivity contribution is 5.94. The highest BCUT2D eigenvalue weighted by Crippen LogP contribution is 2.05. The zero-order valence-electron chi connectivity index (χ0n) is 15.1. The average molecular weight is 373 g/mol. The van der Waals surface area contributed by atoms with Crippen LogP contribution < -0.4 is 27.4 Å². The normalized spacial score (nSPS) is 14.0. The second kappa shape index (κ2) is 11.0. The molecule has 0 aliphatic heterocycles. The Hall–Kier alpha value is -2.69. The van der Waals surface area contributed by atoms with Gasteiger partial charge in [-0.25, -0.2) is 0 Å². The molecule has 0 aromatic carbocycles. The topological polar surface area (TPSA) is 194 Å². The number of nitrogens with two attached hydrogens (primary N) is 2. The molecule has 11 nitrogen and oxygen atoms in total. The van der Waals surface area contributed by atoms with E-state index in [1.54, 1.807) is 13.8 Å². The van der Waals surface area contributed by atoms with Crippen molar-refractivity contribution < 1.29 is 29.1 Å². The minimum atomic E-state index is -1.26. The van der Waals surface area contributed by atoms with E-state index in [0.29, 0.717) is 0 Å². The van der Waals surface area contributed by atoms with E-state index in [2.05, 4.69) is 16.0 Å². The molecule has 0 aromatic heterocycles. The minimum absolute atomic E-state index is 0.113. The number of carbonyl (C=O) groups excluding carboxylic acids is 4. The van der Waals surface area contributed by atoms with Crippen molar-refractivity contribution in [2.75, 3.05) is 6.54 Å². The van der Waals surface area contributed by atoms with E-state index in [1.165, 1.54) is 6.92 Å². The van der Waals surface area contributed by atoms with Crippen molar-refractivity contribution >= 4 is 29.6 Å². The summed E-state index contributed by atoms with van der Waals surface area (Å²) in [7, 11) is 0. The molecule has 0 aliphatic carbocycles. The van der Waals surface area contributed by atoms with E-state index >= 15 is 0 Å². The zero-order valence-corrected chi connectivity index (χ0v) is 15.1. The molecule has 0 heterocycles. The van der Waals surface area contributed by atoms with Crippen molar-refractivity contribution in [3.05, 3.63) is 0 Å². The van der Waals surface area contributed by atoms with Gasteiger partial charge in [-0.15, -0.1) is 0 Å². The van der Waals surface area contributed by atoms with E-state index in [0.717, 1.165) is 0 Å². The Morgan fingerprint density at radius 1 is 0.962 bits per heavy atom. The van der Waals surface area contributed by atoms with Crippen LogP contribution in [0.25, 0.3) is 0 Å². The molecule has 3 atom stereocenters. The number of hydrogen-bond acceptors (Lipinski definition) is 6. The number of primary amides is 1. The third-order valence-corrected chi connectivity index (χ3v) is 3.39. The van der Waals surface area contributed by atoms with E-state index < -0.39 is 54.3 Å². The van der Waals surface area contributed by atoms with Crippen LogP contribution in [0.15, 0.2) is 0 Å². The Morgan fingerprint density at radius 2 is 1.54 bits per heavy atom. The highest BCUT2D eigenvalue weighted by atomic mass is 16.4. The summed E-state index contributed by atoms with van der Waals surface area (Å²) in [6.45, 7) is 4.19. The number of aliphatic carboxylic acids is 1. The molecule has 0 spiro atoms. The molecule has 0 aromatic rings. The maximum absolute atomic E-state index is 12.5. The molecule has 0 bridgehead atoms. The monoisotopic (exact) mass is 373 g/mol. The quantitative estimate of drug-likeness (QED) is 0.229. The lowest BCUT2D eigenvalue weighted by Crippen LogP contribution is -2.57. The summed E-state index contributed by atoms with van der Waals surface area (Å²) in [4.78, 5) is 57.8. The lowest BCUT2D eigenvalue weighted by atomic mass is 10.0. The second-order valence-corrected chi connectivity index (χ2v) is 6.20. The molecule has 4 amide bonds. The van der Waals surface area contributed by atoms with Gasteiger partial charge in [0.2, 0.25) is 23.6 Å². The Kier molecular flexibility index (Phi) is 9.89. The number of hydrogen-bond donors (Lipinski definition) is 6. The third-order valence-electron chi connectivity index (χ3n) is 3.39. The Labute approximate surface area is 151 Å². The maximum atomic E-state index is 12.5. The predicted octanol–water partition coefficient (Wildman–Crippen LogP) is -2.57. The van der Waals surface area contributed by atoms with Crippen LogP contribution >= 0.6 is 0 Å². The van der Waals surface area contributed by atoms with Crippen LogP contribution in [0.5, 0.6) is 0 Å². The van der Waals surface area contributed by atoms with Crippen LogP contribution in [0.3, 0.4) is 0 Å². The zero-order chi connectivity index (χ0) is 20.4. The lowest BCUT2D eigenvalue weighted by Gasteiger charge is -2.25. The molecule has 0 saturated heterocycles. The number of carboxylic acid groups (broad SMARTS) is 1. The lowest BCUT2D eigenvalue weighted by molar-refractivity contribution is -0.138. The fourth-order valence-corrected chi connectivity index (χ4v) is 1.92. The first kappa shape index (κ1) is 23.3. The van der Waals surface area contributed by atoms with Crippen molar-refractivity contribution in [2.24, 2.45) is 17.4 Å². The van der Waals surface area contributed by atoms with Gasteiger partial charge in [0.05, 0.1) is 6.04 Å². The molecule has 26 heavy (non-hydrogen) atoms. The minimum Gasteiger partial charge on any atom is -0.480 e. The first-order chi connectivity index (χ1) is 12.0. The summed E-state index contributed by atoms with van der Waals surface area (Å²) >= 11 is 0. The number of carbonyl (C=O) groups is 5. The molecular weight excluding hydrogens is 346 g/mol. The summed E-state index contributed by atoms with van der Waals surface area (Å²) in [5.74, 6) is -4.22. The fourth-order valence-electron chi connectivity index (χ4n) is 1.92. The molecule has 3 unspecified atom stereocenters. The molecule has 0 fully saturated rings. The number of carboxylic acids is 1. The van der Waals surface area contributed by atoms with Crippen LogP contribution in [-0.2, 0) is 24.0 Å². The van der Waals surface area contributed by atoms with Crippen molar-refractivity contribution in [2.45, 2.75) is 51.7 Å². The number of nitrogens with one attached hydrogen (secondary N) is 3. The van der Waals surface area contributed by atoms with E-state index in [9.17, 15) is 24.0 Å². The van der Waals surface area contributed by atoms with Gasteiger partial charge < -0.3 is 32.5 Å². The smallest absolute Gasteiger partial charge is 0.322 e. The molecule has 0 radical (unpaired) electrons. The van der Waals surface area contributed by atoms with Gasteiger partial charge in [-0.3, -0.25) is 24.0 Å². The average Bonchev–Trinajstić information content (AvgIpc) is 2.52. The molecule has 0 aliphatic rings. The Bertz CT molecular complexity index is 549. The highest BCUT2D eigenvalue weighted by Gasteiger charge is 2.29. The largest absolute Gasteiger partial charge is 0.480 e. The van der Waals surface area contributed by atoms with Crippen molar-refractivity contribution in [3.8, 4) is 0 Å². The van der Waals surface area contributed by atoms with Crippen molar-refractivity contribution in [1.29, 1.82) is 0 Å². The van der Waals surface area contributed by atoms with E-state index in [1.807, 2.05) is 0 Å². The molecule has 148 valence electrons. The van der Waals surface area contributed by atoms with Crippen LogP contribution in [0.1, 0.15) is 33.6 Å². The van der Waals surface area contributed by atoms with Crippen LogP contribution in [0.4, 0.5) is 0 Å². The summed E-state index contributed by atoms with van der Waals surface area (Å²) in [6.07, 6.45) is -0.303. The standard InChI is InChI=1S/C15H27N5O6/c1-7(2)12(20-13(24)8(3)16)15(26)19-9(4-5-10(17)21)14(25)18-6-11(22)23/h7-9,12H,4-6,16H2,1-3H3,(H2,17,21)(H,18,25)(H,19,26)(H,20,24)(H,22,23). The van der Waals surface area contributed by atoms with Gasteiger partial charge >= 0.3 is 5.97 Å². The number of rotatable bonds is 11. The van der Waals surface area contributed by atoms with Crippen molar-refractivity contribution in [3.63, 3.8) is 0 Å². The van der Waals surface area contributed by atoms with Crippen LogP contribution in [0.2, 0.25) is 0 Å². The molecule has 0 saturated carbocycles. The van der Waals surface area contributed by atoms with Gasteiger partial charge in [0.1, 0.15) is 18.6 Å². The van der Waals surface area contributed by atoms with Gasteiger partial charge in [0.15, 0.2) is 0 Å². The van der Waals surface area contributed by atoms with Crippen molar-refractivity contribution in [1.82, 2.24) is 16.0 Å². The summed E-state index contributed by atoms with van der Waals surface area (Å²) in [6, 6.07) is -2.96. The maximum Gasteiger partial charge on any atom is 0.322 e. The Morgan fingerprint density at radius 3 is 1.96 bits per heavy atom. The molecule has 8 N–H and O–H groups in total. The first-order valence-corrected chi connectivity index (χ1v) is 8.09. The molecular formula is C15H27N5O6. The summed E-state index contributed by atoms with van der Waals surface area (Å²) in [5.41, 5.74) is 10.5. The number of amides is 4. The Balaban J connectivity index is 5.13. The van der Waals surface area contributed by atoms with Gasteiger partial charge in [0, 0.05) is 6.42 Å². The third kappa shape index (κ3) is 8.97. The fraction of sp³-hybridized carbons (Fsp3) is 0.667. The summed E-state index contributed by atoms with van der Waals surface area (Å²) < 4.78 is 0. The van der Waals surface area contributed by atoms with Gasteiger partial charge in [-0.1, -0.05) is 13.8 Å². The predicted molar refractivity (Wildman–Crippen MR) is 91.4 cm³/mol. The van der Waals surface area contributed by atoms with Gasteiger partial charge in [-0.05, 0) is 19.3 Å². The SMILES string of the molecule is CC(N)C(=O)NC(C(=O)NC(CCC(N)=O)C(=O)NCC(=O)O)C(C)C. The second-order valence-electron chi connectivity index (χ2n) is 6.20. The van der Waals surface area contributed by atoms with Gasteiger partial charge in [-0.2, -0.15) is 0 Å². The molecule has 0 rings (SSSR count). The van der Waals surface area contributed by atoms with Crippen LogP contribution in [0, 0.1) is 5.92 Å². The molecule has 11 heteroatoms. The first-order valence-electron chi connectivity index (χ1n) is 8.09. The van der Waals surface area contributed by atoms with E-state index in [-0.39, 0.29) is 18.8 Å². The summed E-state index contributed by atoms with van der Waals surface area (Å²) in [5, 5.41) is 15.6. The van der Waals surface area contributed by atoms with Crippen LogP contribution in [-0.4, -0.2) is 59.4 Å². The van der Waals surface area contributed by atoms with Gasteiger partial charge in [0.25, 0.3) is 0 Å². The van der Waals surface area contributed by atoms with E-state index in [4.69, 9.17) is 16.6 Å².